The molecule has 2 fully saturated rings. The molecule has 2 aliphatic rings. The van der Waals surface area contributed by atoms with E-state index in [1.807, 2.05) is 23.1 Å². The van der Waals surface area contributed by atoms with Crippen molar-refractivity contribution in [2.45, 2.75) is 36.7 Å². The van der Waals surface area contributed by atoms with E-state index in [1.54, 1.807) is 24.3 Å². The molecule has 1 aromatic heterocycles. The molecular weight excluding hydrogens is 614 g/mol. The van der Waals surface area contributed by atoms with E-state index in [1.165, 1.54) is 42.0 Å². The summed E-state index contributed by atoms with van der Waals surface area (Å²) in [7, 11) is -2.87. The Bertz CT molecular complexity index is 1830. The number of piperazine rings is 1. The van der Waals surface area contributed by atoms with Gasteiger partial charge in [-0.3, -0.25) is 14.3 Å². The monoisotopic (exact) mass is 651 g/mol. The van der Waals surface area contributed by atoms with Crippen LogP contribution in [0.1, 0.15) is 31.4 Å². The lowest BCUT2D eigenvalue weighted by Crippen LogP contribution is -2.51. The zero-order chi connectivity index (χ0) is 31.7. The molecule has 0 bridgehead atoms. The molecule has 0 spiro atoms. The largest absolute Gasteiger partial charge is 0.497 e. The average molecular weight is 652 g/mol. The maximum atomic E-state index is 14.5. The second-order valence-electron chi connectivity index (χ2n) is 11.6. The van der Waals surface area contributed by atoms with Crippen LogP contribution in [0, 0.1) is 0 Å². The van der Waals surface area contributed by atoms with Crippen LogP contribution in [0.25, 0.3) is 11.0 Å². The van der Waals surface area contributed by atoms with Gasteiger partial charge in [-0.2, -0.15) is 3.97 Å². The summed E-state index contributed by atoms with van der Waals surface area (Å²) in [6.45, 7) is 8.36. The van der Waals surface area contributed by atoms with Gasteiger partial charge in [0.25, 0.3) is 15.9 Å². The third-order valence-corrected chi connectivity index (χ3v) is 10.9. The number of aromatic nitrogens is 2. The van der Waals surface area contributed by atoms with Crippen molar-refractivity contribution in [1.82, 2.24) is 23.2 Å². The number of fused-ring (bicyclic) bond motifs is 1. The summed E-state index contributed by atoms with van der Waals surface area (Å²) in [5, 5.41) is 0.318. The molecule has 3 heterocycles. The Kier molecular flexibility index (Phi) is 9.05. The molecule has 0 saturated carbocycles. The quantitative estimate of drug-likeness (QED) is 0.271. The van der Waals surface area contributed by atoms with Crippen LogP contribution < -0.4 is 10.4 Å². The number of nitrogens with zero attached hydrogens (tertiary/aromatic N) is 5. The van der Waals surface area contributed by atoms with Crippen LogP contribution in [0.2, 0.25) is 5.02 Å². The Morgan fingerprint density at radius 2 is 1.67 bits per heavy atom. The van der Waals surface area contributed by atoms with Gasteiger partial charge < -0.3 is 14.5 Å². The molecule has 2 unspecified atom stereocenters. The molecule has 2 atom stereocenters. The number of ether oxygens (including phenoxy) is 1. The van der Waals surface area contributed by atoms with E-state index in [9.17, 15) is 18.0 Å². The van der Waals surface area contributed by atoms with E-state index in [0.29, 0.717) is 29.4 Å². The van der Waals surface area contributed by atoms with Gasteiger partial charge in [-0.25, -0.2) is 13.2 Å². The van der Waals surface area contributed by atoms with E-state index >= 15 is 0 Å². The number of carbonyl (C=O) groups is 1. The van der Waals surface area contributed by atoms with Crippen molar-refractivity contribution in [3.05, 3.63) is 93.9 Å². The molecule has 1 amide bonds. The highest BCUT2D eigenvalue weighted by Crippen LogP contribution is 2.31. The van der Waals surface area contributed by atoms with Gasteiger partial charge in [0.1, 0.15) is 11.8 Å². The van der Waals surface area contributed by atoms with Crippen LogP contribution in [0.4, 0.5) is 0 Å². The van der Waals surface area contributed by atoms with Gasteiger partial charge >= 0.3 is 5.69 Å². The summed E-state index contributed by atoms with van der Waals surface area (Å²) >= 11 is 6.42. The summed E-state index contributed by atoms with van der Waals surface area (Å²) in [5.74, 6) is 0.230. The maximum Gasteiger partial charge on any atom is 0.344 e. The maximum absolute atomic E-state index is 14.5. The minimum atomic E-state index is -4.36. The SMILES string of the molecule is CCCN1CCN(C2CCN(C(=O)C(c3ccccc3)n3c(=O)n(S(=O)(=O)c4ccc(OC)cc4)c4ccc(Cl)cc43)C2)CC1. The van der Waals surface area contributed by atoms with Crippen LogP contribution in [0.15, 0.2) is 82.5 Å². The number of rotatable bonds is 9. The molecule has 3 aromatic carbocycles. The highest BCUT2D eigenvalue weighted by molar-refractivity contribution is 7.90. The zero-order valence-corrected chi connectivity index (χ0v) is 27.1. The van der Waals surface area contributed by atoms with Crippen LogP contribution in [-0.4, -0.2) is 96.5 Å². The molecule has 238 valence electrons. The number of imidazole rings is 1. The number of benzene rings is 3. The first-order valence-electron chi connectivity index (χ1n) is 15.3. The molecule has 0 aliphatic carbocycles. The molecule has 10 nitrogen and oxygen atoms in total. The van der Waals surface area contributed by atoms with E-state index in [-0.39, 0.29) is 27.9 Å². The summed E-state index contributed by atoms with van der Waals surface area (Å²) in [4.78, 5) is 35.6. The fourth-order valence-corrected chi connectivity index (χ4v) is 8.18. The van der Waals surface area contributed by atoms with Gasteiger partial charge in [0.2, 0.25) is 0 Å². The van der Waals surface area contributed by atoms with Crippen molar-refractivity contribution in [2.24, 2.45) is 0 Å². The van der Waals surface area contributed by atoms with Crippen molar-refractivity contribution in [3.63, 3.8) is 0 Å². The topological polar surface area (TPSA) is 97.1 Å². The molecule has 4 aromatic rings. The van der Waals surface area contributed by atoms with E-state index in [4.69, 9.17) is 16.3 Å². The number of methoxy groups -OCH3 is 1. The second kappa shape index (κ2) is 13.0. The number of amides is 1. The predicted octanol–water partition coefficient (Wildman–Crippen LogP) is 3.92. The zero-order valence-electron chi connectivity index (χ0n) is 25.5. The Hall–Kier alpha value is -3.64. The smallest absolute Gasteiger partial charge is 0.344 e. The predicted molar refractivity (Wildman–Crippen MR) is 175 cm³/mol. The number of carbonyl (C=O) groups excluding carboxylic acids is 1. The van der Waals surface area contributed by atoms with Crippen LogP contribution in [0.3, 0.4) is 0 Å². The Labute approximate surface area is 268 Å². The number of halogens is 1. The van der Waals surface area contributed by atoms with Gasteiger partial charge in [-0.05, 0) is 67.4 Å². The van der Waals surface area contributed by atoms with E-state index in [0.717, 1.165) is 49.5 Å². The minimum Gasteiger partial charge on any atom is -0.497 e. The van der Waals surface area contributed by atoms with Crippen LogP contribution in [0.5, 0.6) is 5.75 Å². The van der Waals surface area contributed by atoms with Crippen molar-refractivity contribution in [3.8, 4) is 5.75 Å². The Morgan fingerprint density at radius 3 is 2.33 bits per heavy atom. The molecule has 45 heavy (non-hydrogen) atoms. The third-order valence-electron chi connectivity index (χ3n) is 8.94. The van der Waals surface area contributed by atoms with Gasteiger partial charge in [0.15, 0.2) is 0 Å². The first kappa shape index (κ1) is 31.3. The molecular formula is C33H38ClN5O5S. The first-order chi connectivity index (χ1) is 21.7. The van der Waals surface area contributed by atoms with Crippen molar-refractivity contribution in [2.75, 3.05) is 52.9 Å². The van der Waals surface area contributed by atoms with Gasteiger partial charge in [0.05, 0.1) is 23.0 Å². The first-order valence-corrected chi connectivity index (χ1v) is 17.2. The lowest BCUT2D eigenvalue weighted by molar-refractivity contribution is -0.132. The molecule has 0 N–H and O–H groups in total. The summed E-state index contributed by atoms with van der Waals surface area (Å²) in [5.41, 5.74) is 0.142. The highest BCUT2D eigenvalue weighted by Gasteiger charge is 2.38. The normalized spacial score (nSPS) is 18.8. The fourth-order valence-electron chi connectivity index (χ4n) is 6.62. The van der Waals surface area contributed by atoms with Crippen LogP contribution in [-0.2, 0) is 14.8 Å². The van der Waals surface area contributed by atoms with E-state index in [2.05, 4.69) is 16.7 Å². The molecule has 12 heteroatoms. The number of likely N-dealkylation sites (tertiary alicyclic amines) is 1. The van der Waals surface area contributed by atoms with Gasteiger partial charge in [-0.15, -0.1) is 0 Å². The van der Waals surface area contributed by atoms with Crippen molar-refractivity contribution < 1.29 is 17.9 Å². The average Bonchev–Trinajstić information content (AvgIpc) is 3.66. The van der Waals surface area contributed by atoms with E-state index < -0.39 is 21.8 Å². The molecule has 0 radical (unpaired) electrons. The van der Waals surface area contributed by atoms with Gasteiger partial charge in [0, 0.05) is 50.3 Å². The molecule has 6 rings (SSSR count). The fraction of sp³-hybridized carbons (Fsp3) is 0.394. The van der Waals surface area contributed by atoms with Gasteiger partial charge in [-0.1, -0.05) is 48.9 Å². The van der Waals surface area contributed by atoms with Crippen molar-refractivity contribution >= 4 is 38.6 Å². The summed E-state index contributed by atoms with van der Waals surface area (Å²) < 4.78 is 35.3. The number of hydrogen-bond acceptors (Lipinski definition) is 7. The Balaban J connectivity index is 1.40. The second-order valence-corrected chi connectivity index (χ2v) is 13.9. The molecule has 2 saturated heterocycles. The summed E-state index contributed by atoms with van der Waals surface area (Å²) in [6, 6.07) is 18.6. The minimum absolute atomic E-state index is 0.0802. The summed E-state index contributed by atoms with van der Waals surface area (Å²) in [6.07, 6.45) is 1.98. The standard InChI is InChI=1S/C33H38ClN5O5S/c1-3-16-35-18-20-36(21-19-35)26-15-17-37(23-26)32(40)31(24-7-5-4-6-8-24)38-30-22-25(34)9-14-29(30)39(33(38)41)45(42,43)28-12-10-27(44-2)11-13-28/h4-14,22,26,31H,3,15-21,23H2,1-2H3. The van der Waals surface area contributed by atoms with Crippen molar-refractivity contribution in [1.29, 1.82) is 0 Å². The number of hydrogen-bond donors (Lipinski definition) is 0. The lowest BCUT2D eigenvalue weighted by Gasteiger charge is -2.38. The Morgan fingerprint density at radius 1 is 0.956 bits per heavy atom. The lowest BCUT2D eigenvalue weighted by atomic mass is 10.0. The highest BCUT2D eigenvalue weighted by atomic mass is 35.5. The van der Waals surface area contributed by atoms with Crippen LogP contribution >= 0.6 is 11.6 Å². The third kappa shape index (κ3) is 6.02. The molecule has 2 aliphatic heterocycles.